The molecule has 4 aliphatic rings. The molecule has 0 radical (unpaired) electrons. The molecule has 4 aliphatic carbocycles. The van der Waals surface area contributed by atoms with Crippen LogP contribution in [0.15, 0.2) is 34.8 Å². The Morgan fingerprint density at radius 1 is 0.977 bits per heavy atom. The number of fused-ring (bicyclic) bond motifs is 3. The standard InChI is InChI=1S/C35H46O8/c1-15(2)25-28(38)23(19(6)36)30(40)35(43)31(41)26-29(39)24-22(18(5)33(26,7)32(42)34(25,35)8)14-13-21(27(24)37)17(4)20-11-9-16(3)10-12-20/h13-18,20,25,32,37-38,41-43H,9-12H2,1-8H3/t16?,17?,18-,20?,25?,32-,33+,34+,35+/m1/s1. The van der Waals surface area contributed by atoms with Crippen LogP contribution in [0, 0.1) is 34.5 Å². The van der Waals surface area contributed by atoms with Gasteiger partial charge in [-0.15, -0.1) is 0 Å². The van der Waals surface area contributed by atoms with Crippen LogP contribution in [0.4, 0.5) is 0 Å². The molecule has 1 fully saturated rings. The first kappa shape index (κ1) is 31.5. The Balaban J connectivity index is 1.75. The van der Waals surface area contributed by atoms with Crippen molar-refractivity contribution in [3.05, 3.63) is 51.5 Å². The summed E-state index contributed by atoms with van der Waals surface area (Å²) in [6, 6.07) is 3.65. The van der Waals surface area contributed by atoms with E-state index in [-0.39, 0.29) is 22.8 Å². The van der Waals surface area contributed by atoms with Gasteiger partial charge in [0, 0.05) is 16.7 Å². The van der Waals surface area contributed by atoms with Crippen molar-refractivity contribution in [2.75, 3.05) is 0 Å². The molecule has 0 bridgehead atoms. The minimum Gasteiger partial charge on any atom is -0.511 e. The van der Waals surface area contributed by atoms with E-state index in [4.69, 9.17) is 0 Å². The number of rotatable bonds is 4. The molecule has 0 aromatic heterocycles. The van der Waals surface area contributed by atoms with Gasteiger partial charge in [0.1, 0.15) is 22.8 Å². The Labute approximate surface area is 253 Å². The van der Waals surface area contributed by atoms with Crippen LogP contribution in [0.5, 0.6) is 5.75 Å². The number of aliphatic hydroxyl groups is 4. The van der Waals surface area contributed by atoms with Crippen LogP contribution in [-0.2, 0) is 9.59 Å². The number of benzene rings is 1. The summed E-state index contributed by atoms with van der Waals surface area (Å²) in [5.41, 5.74) is -6.20. The molecule has 0 amide bonds. The highest BCUT2D eigenvalue weighted by Gasteiger charge is 2.76. The van der Waals surface area contributed by atoms with Crippen molar-refractivity contribution in [1.82, 2.24) is 0 Å². The lowest BCUT2D eigenvalue weighted by Gasteiger charge is -2.63. The van der Waals surface area contributed by atoms with Crippen molar-refractivity contribution in [2.24, 2.45) is 34.5 Å². The van der Waals surface area contributed by atoms with Gasteiger partial charge < -0.3 is 25.5 Å². The number of hydrogen-bond acceptors (Lipinski definition) is 8. The zero-order valence-corrected chi connectivity index (χ0v) is 26.5. The fraction of sp³-hybridized carbons (Fsp3) is 0.629. The van der Waals surface area contributed by atoms with Crippen LogP contribution in [-0.4, -0.2) is 54.6 Å². The van der Waals surface area contributed by atoms with Crippen molar-refractivity contribution in [2.45, 2.75) is 105 Å². The Bertz CT molecular complexity index is 1480. The average molecular weight is 595 g/mol. The molecule has 0 heterocycles. The Morgan fingerprint density at radius 3 is 2.09 bits per heavy atom. The van der Waals surface area contributed by atoms with Gasteiger partial charge in [-0.05, 0) is 60.5 Å². The molecule has 0 aliphatic heterocycles. The quantitative estimate of drug-likeness (QED) is 0.274. The number of allylic oxidation sites excluding steroid dienone is 1. The van der Waals surface area contributed by atoms with Gasteiger partial charge in [0.05, 0.1) is 17.2 Å². The second kappa shape index (κ2) is 10.0. The van der Waals surface area contributed by atoms with Crippen LogP contribution in [0.2, 0.25) is 0 Å². The van der Waals surface area contributed by atoms with Gasteiger partial charge >= 0.3 is 0 Å². The van der Waals surface area contributed by atoms with E-state index in [0.717, 1.165) is 32.6 Å². The topological polar surface area (TPSA) is 152 Å². The third-order valence-corrected chi connectivity index (χ3v) is 12.1. The van der Waals surface area contributed by atoms with Crippen molar-refractivity contribution in [3.8, 4) is 5.75 Å². The van der Waals surface area contributed by atoms with E-state index in [1.54, 1.807) is 33.8 Å². The minimum absolute atomic E-state index is 0.00620. The van der Waals surface area contributed by atoms with E-state index in [0.29, 0.717) is 23.0 Å². The summed E-state index contributed by atoms with van der Waals surface area (Å²) in [4.78, 5) is 41.0. The fourth-order valence-electron chi connectivity index (χ4n) is 9.36. The fourth-order valence-corrected chi connectivity index (χ4v) is 9.36. The predicted molar refractivity (Wildman–Crippen MR) is 161 cm³/mol. The molecule has 7 atom stereocenters. The number of carbonyl (C=O) groups excluding carboxylic acids is 3. The van der Waals surface area contributed by atoms with Crippen LogP contribution in [0.3, 0.4) is 0 Å². The van der Waals surface area contributed by atoms with Crippen molar-refractivity contribution in [1.29, 1.82) is 0 Å². The third-order valence-electron chi connectivity index (χ3n) is 12.1. The van der Waals surface area contributed by atoms with Gasteiger partial charge in [0.25, 0.3) is 0 Å². The highest BCUT2D eigenvalue weighted by molar-refractivity contribution is 6.25. The Morgan fingerprint density at radius 2 is 1.56 bits per heavy atom. The maximum Gasteiger partial charge on any atom is 0.209 e. The van der Waals surface area contributed by atoms with Gasteiger partial charge in [0.2, 0.25) is 5.78 Å². The second-order valence-corrected chi connectivity index (χ2v) is 14.6. The molecule has 5 rings (SSSR count). The molecule has 234 valence electrons. The van der Waals surface area contributed by atoms with Gasteiger partial charge in [-0.3, -0.25) is 14.4 Å². The third kappa shape index (κ3) is 3.78. The van der Waals surface area contributed by atoms with Crippen molar-refractivity contribution < 1.29 is 39.9 Å². The van der Waals surface area contributed by atoms with Crippen LogP contribution < -0.4 is 0 Å². The second-order valence-electron chi connectivity index (χ2n) is 14.6. The number of phenolic OH excluding ortho intramolecular Hbond substituents is 1. The van der Waals surface area contributed by atoms with Gasteiger partial charge in [-0.1, -0.05) is 73.4 Å². The van der Waals surface area contributed by atoms with Crippen LogP contribution in [0.25, 0.3) is 0 Å². The SMILES string of the molecule is CC(=O)C1=C(O)C(C(C)C)[C@@]2(C)[C@H](O)[C@]3(C)C(=C(O)[C@@]2(O)C1=O)C(=O)c1c(ccc(C(C)C2CCC(C)CC2)c1O)[C@H]3C. The molecule has 0 saturated heterocycles. The molecule has 0 spiro atoms. The number of phenols is 1. The molecule has 1 aromatic rings. The summed E-state index contributed by atoms with van der Waals surface area (Å²) in [7, 11) is 0. The summed E-state index contributed by atoms with van der Waals surface area (Å²) in [6.07, 6.45) is 2.61. The average Bonchev–Trinajstić information content (AvgIpc) is 2.93. The van der Waals surface area contributed by atoms with E-state index in [2.05, 4.69) is 6.92 Å². The number of hydrogen-bond donors (Lipinski definition) is 5. The Kier molecular flexibility index (Phi) is 7.33. The highest BCUT2D eigenvalue weighted by Crippen LogP contribution is 2.67. The predicted octanol–water partition coefficient (Wildman–Crippen LogP) is 5.81. The molecule has 43 heavy (non-hydrogen) atoms. The monoisotopic (exact) mass is 594 g/mol. The van der Waals surface area contributed by atoms with Crippen molar-refractivity contribution in [3.63, 3.8) is 0 Å². The molecule has 2 unspecified atom stereocenters. The summed E-state index contributed by atoms with van der Waals surface area (Å²) < 4.78 is 0. The molecule has 1 aromatic carbocycles. The van der Waals surface area contributed by atoms with E-state index in [1.165, 1.54) is 6.92 Å². The molecule has 1 saturated carbocycles. The zero-order valence-electron chi connectivity index (χ0n) is 26.5. The first-order valence-corrected chi connectivity index (χ1v) is 15.6. The van der Waals surface area contributed by atoms with E-state index < -0.39 is 74.7 Å². The van der Waals surface area contributed by atoms with E-state index in [9.17, 15) is 39.9 Å². The number of carbonyl (C=O) groups is 3. The molecular formula is C35H46O8. The normalized spacial score (nSPS) is 38.5. The van der Waals surface area contributed by atoms with Crippen LogP contribution >= 0.6 is 0 Å². The lowest BCUT2D eigenvalue weighted by molar-refractivity contribution is -0.211. The summed E-state index contributed by atoms with van der Waals surface area (Å²) in [5.74, 6) is -5.77. The highest BCUT2D eigenvalue weighted by atomic mass is 16.4. The van der Waals surface area contributed by atoms with E-state index in [1.807, 2.05) is 13.0 Å². The zero-order chi connectivity index (χ0) is 32.1. The molecule has 5 N–H and O–H groups in total. The summed E-state index contributed by atoms with van der Waals surface area (Å²) in [6.45, 7) is 13.6. The Hall–Kier alpha value is -2.97. The summed E-state index contributed by atoms with van der Waals surface area (Å²) >= 11 is 0. The van der Waals surface area contributed by atoms with Crippen molar-refractivity contribution >= 4 is 17.3 Å². The smallest absolute Gasteiger partial charge is 0.209 e. The number of aliphatic hydroxyl groups excluding tert-OH is 3. The van der Waals surface area contributed by atoms with Gasteiger partial charge in [-0.2, -0.15) is 0 Å². The molecule has 8 nitrogen and oxygen atoms in total. The number of aromatic hydroxyl groups is 1. The van der Waals surface area contributed by atoms with Crippen LogP contribution in [0.1, 0.15) is 114 Å². The largest absolute Gasteiger partial charge is 0.511 e. The first-order chi connectivity index (χ1) is 19.9. The lowest BCUT2D eigenvalue weighted by atomic mass is 9.41. The number of Topliss-reactive ketones (excluding diaryl/α,β-unsaturated/α-hetero) is 3. The van der Waals surface area contributed by atoms with Gasteiger partial charge in [-0.25, -0.2) is 0 Å². The molecular weight excluding hydrogens is 548 g/mol. The first-order valence-electron chi connectivity index (χ1n) is 15.6. The molecule has 8 heteroatoms. The van der Waals surface area contributed by atoms with Gasteiger partial charge in [0.15, 0.2) is 17.2 Å². The maximum atomic E-state index is 14.5. The van der Waals surface area contributed by atoms with E-state index >= 15 is 0 Å². The number of ketones is 3. The minimum atomic E-state index is -2.88. The maximum absolute atomic E-state index is 14.5. The summed E-state index contributed by atoms with van der Waals surface area (Å²) in [5, 5.41) is 59.5. The lowest BCUT2D eigenvalue weighted by Crippen LogP contribution is -2.73.